The highest BCUT2D eigenvalue weighted by Crippen LogP contribution is 2.56. The second kappa shape index (κ2) is 7.60. The summed E-state index contributed by atoms with van der Waals surface area (Å²) in [4.78, 5) is 29.1. The third-order valence-corrected chi connectivity index (χ3v) is 9.09. The Bertz CT molecular complexity index is 580. The van der Waals surface area contributed by atoms with Crippen LogP contribution in [0.1, 0.15) is 60.8 Å². The average Bonchev–Trinajstić information content (AvgIpc) is 2.57. The fourth-order valence-corrected chi connectivity index (χ4v) is 5.98. The Morgan fingerprint density at radius 3 is 1.54 bits per heavy atom. The largest absolute Gasteiger partial charge is 0.550 e. The van der Waals surface area contributed by atoms with Crippen LogP contribution in [0.3, 0.4) is 0 Å². The number of likely N-dealkylation sites (tertiary alicyclic amines) is 2. The number of rotatable bonds is 5. The van der Waals surface area contributed by atoms with E-state index in [9.17, 15) is 19.8 Å². The van der Waals surface area contributed by atoms with Crippen molar-refractivity contribution in [2.24, 2.45) is 29.1 Å². The minimum Gasteiger partial charge on any atom is -0.550 e. The monoisotopic (exact) mass is 394 g/mol. The maximum Gasteiger partial charge on any atom is 0.0485 e. The first-order valence-corrected chi connectivity index (χ1v) is 10.5. The van der Waals surface area contributed by atoms with Crippen LogP contribution >= 0.6 is 0 Å². The molecule has 0 aromatic heterocycles. The van der Waals surface area contributed by atoms with Crippen LogP contribution < -0.4 is 10.2 Å². The highest BCUT2D eigenvalue weighted by molar-refractivity contribution is 5.80. The zero-order valence-corrected chi connectivity index (χ0v) is 18.9. The topological polar surface area (TPSA) is 86.7 Å². The Labute approximate surface area is 170 Å². The summed E-state index contributed by atoms with van der Waals surface area (Å²) in [7, 11) is 4.10. The average molecular weight is 395 g/mol. The first-order valence-electron chi connectivity index (χ1n) is 10.5. The van der Waals surface area contributed by atoms with Crippen molar-refractivity contribution in [3.8, 4) is 0 Å². The summed E-state index contributed by atoms with van der Waals surface area (Å²) in [5.41, 5.74) is -1.87. The predicted molar refractivity (Wildman–Crippen MR) is 105 cm³/mol. The highest BCUT2D eigenvalue weighted by Gasteiger charge is 2.57. The van der Waals surface area contributed by atoms with E-state index in [1.807, 2.05) is 14.1 Å². The molecule has 0 saturated carbocycles. The number of carbonyl (C=O) groups excluding carboxylic acids is 2. The highest BCUT2D eigenvalue weighted by atomic mass is 16.4. The van der Waals surface area contributed by atoms with Gasteiger partial charge in [0.25, 0.3) is 0 Å². The molecule has 2 rings (SSSR count). The summed E-state index contributed by atoms with van der Waals surface area (Å²) in [6, 6.07) is 0. The molecule has 0 spiro atoms. The summed E-state index contributed by atoms with van der Waals surface area (Å²) >= 11 is 0. The number of carbonyl (C=O) groups is 2. The normalized spacial score (nSPS) is 35.9. The van der Waals surface area contributed by atoms with Gasteiger partial charge in [-0.3, -0.25) is 0 Å². The smallest absolute Gasteiger partial charge is 0.0485 e. The van der Waals surface area contributed by atoms with Crippen LogP contribution in [0.25, 0.3) is 0 Å². The van der Waals surface area contributed by atoms with E-state index in [-0.39, 0.29) is 34.7 Å². The molecular weight excluding hydrogens is 356 g/mol. The van der Waals surface area contributed by atoms with E-state index in [2.05, 4.69) is 51.3 Å². The van der Waals surface area contributed by atoms with Gasteiger partial charge in [0.2, 0.25) is 0 Å². The molecule has 2 heterocycles. The van der Waals surface area contributed by atoms with Crippen molar-refractivity contribution < 1.29 is 19.8 Å². The van der Waals surface area contributed by atoms with Gasteiger partial charge in [-0.05, 0) is 97.8 Å². The molecule has 0 aliphatic carbocycles. The standard InChI is InChI=1S/C22H40N2O4/c1-14-16(9-11-23(7)20(14,3)4)22(19(27)28,13-18(25)26)17-10-12-24(8)21(5,6)15(17)2/h14-17H,9-13H2,1-8H3,(H,25,26)(H,27,28)/p-2. The lowest BCUT2D eigenvalue weighted by molar-refractivity contribution is -0.340. The molecule has 6 nitrogen and oxygen atoms in total. The molecule has 0 amide bonds. The Balaban J connectivity index is 2.61. The molecule has 0 bridgehead atoms. The number of nitrogens with zero attached hydrogens (tertiary/aromatic N) is 2. The van der Waals surface area contributed by atoms with Crippen molar-refractivity contribution >= 4 is 11.9 Å². The summed E-state index contributed by atoms with van der Waals surface area (Å²) in [5, 5.41) is 24.6. The number of hydrogen-bond acceptors (Lipinski definition) is 6. The van der Waals surface area contributed by atoms with Crippen LogP contribution in [0.5, 0.6) is 0 Å². The van der Waals surface area contributed by atoms with E-state index in [4.69, 9.17) is 0 Å². The number of carboxylic acid groups (broad SMARTS) is 2. The van der Waals surface area contributed by atoms with Gasteiger partial charge in [0.15, 0.2) is 0 Å². The van der Waals surface area contributed by atoms with Crippen LogP contribution in [0.2, 0.25) is 0 Å². The molecule has 2 aliphatic rings. The molecule has 4 unspecified atom stereocenters. The van der Waals surface area contributed by atoms with E-state index >= 15 is 0 Å². The number of hydrogen-bond donors (Lipinski definition) is 0. The van der Waals surface area contributed by atoms with Gasteiger partial charge in [-0.15, -0.1) is 0 Å². The summed E-state index contributed by atoms with van der Waals surface area (Å²) in [6.07, 6.45) is 0.836. The van der Waals surface area contributed by atoms with Gasteiger partial charge >= 0.3 is 0 Å². The first-order chi connectivity index (χ1) is 12.7. The summed E-state index contributed by atoms with van der Waals surface area (Å²) < 4.78 is 0. The lowest BCUT2D eigenvalue weighted by Gasteiger charge is -2.62. The molecule has 6 heteroatoms. The molecule has 0 radical (unpaired) electrons. The van der Waals surface area contributed by atoms with E-state index in [0.29, 0.717) is 12.8 Å². The number of piperidine rings is 2. The minimum atomic E-state index is -1.42. The van der Waals surface area contributed by atoms with Gasteiger partial charge in [0, 0.05) is 28.4 Å². The molecule has 0 N–H and O–H groups in total. The molecule has 2 aliphatic heterocycles. The van der Waals surface area contributed by atoms with Gasteiger partial charge in [0.05, 0.1) is 0 Å². The molecule has 162 valence electrons. The lowest BCUT2D eigenvalue weighted by Crippen LogP contribution is -2.67. The van der Waals surface area contributed by atoms with Crippen molar-refractivity contribution in [1.29, 1.82) is 0 Å². The Morgan fingerprint density at radius 1 is 0.893 bits per heavy atom. The van der Waals surface area contributed by atoms with Crippen LogP contribution in [0.4, 0.5) is 0 Å². The molecule has 0 aromatic carbocycles. The third-order valence-electron chi connectivity index (χ3n) is 9.09. The second-order valence-corrected chi connectivity index (χ2v) is 10.4. The number of carboxylic acids is 2. The Hall–Kier alpha value is -1.14. The summed E-state index contributed by atoms with van der Waals surface area (Å²) in [5.74, 6) is -3.03. The van der Waals surface area contributed by atoms with E-state index < -0.39 is 23.8 Å². The molecule has 2 fully saturated rings. The quantitative estimate of drug-likeness (QED) is 0.679. The van der Waals surface area contributed by atoms with Crippen molar-refractivity contribution in [2.45, 2.75) is 71.9 Å². The van der Waals surface area contributed by atoms with Gasteiger partial charge in [-0.1, -0.05) is 13.8 Å². The zero-order chi connectivity index (χ0) is 21.7. The van der Waals surface area contributed by atoms with Crippen LogP contribution in [-0.4, -0.2) is 60.0 Å². The maximum atomic E-state index is 12.8. The first kappa shape index (κ1) is 23.1. The fraction of sp³-hybridized carbons (Fsp3) is 0.909. The molecule has 4 atom stereocenters. The fourth-order valence-electron chi connectivity index (χ4n) is 5.98. The Kier molecular flexibility index (Phi) is 6.28. The van der Waals surface area contributed by atoms with Gasteiger partial charge in [0.1, 0.15) is 0 Å². The zero-order valence-electron chi connectivity index (χ0n) is 18.9. The van der Waals surface area contributed by atoms with Crippen LogP contribution in [0.15, 0.2) is 0 Å². The van der Waals surface area contributed by atoms with Gasteiger partial charge in [-0.2, -0.15) is 0 Å². The molecule has 0 aromatic rings. The third kappa shape index (κ3) is 3.47. The lowest BCUT2D eigenvalue weighted by atomic mass is 9.50. The SMILES string of the molecule is CC1C(C(CC(=O)[O-])(C(=O)[O-])C2CCN(C)C(C)(C)C2C)CCN(C)C1(C)C. The van der Waals surface area contributed by atoms with Crippen molar-refractivity contribution in [1.82, 2.24) is 9.80 Å². The molecular formula is C22H38N2O4-2. The maximum absolute atomic E-state index is 12.8. The van der Waals surface area contributed by atoms with Crippen LogP contribution in [-0.2, 0) is 9.59 Å². The molecule has 28 heavy (non-hydrogen) atoms. The second-order valence-electron chi connectivity index (χ2n) is 10.4. The summed E-state index contributed by atoms with van der Waals surface area (Å²) in [6.45, 7) is 14.1. The van der Waals surface area contributed by atoms with E-state index in [0.717, 1.165) is 13.1 Å². The Morgan fingerprint density at radius 2 is 1.25 bits per heavy atom. The van der Waals surface area contributed by atoms with Crippen molar-refractivity contribution in [3.63, 3.8) is 0 Å². The minimum absolute atomic E-state index is 0.0125. The molecule has 2 saturated heterocycles. The number of aliphatic carboxylic acids is 2. The van der Waals surface area contributed by atoms with E-state index in [1.165, 1.54) is 0 Å². The van der Waals surface area contributed by atoms with Crippen LogP contribution in [0, 0.1) is 29.1 Å². The van der Waals surface area contributed by atoms with E-state index in [1.54, 1.807) is 0 Å². The van der Waals surface area contributed by atoms with Crippen molar-refractivity contribution in [2.75, 3.05) is 27.2 Å². The van der Waals surface area contributed by atoms with Crippen molar-refractivity contribution in [3.05, 3.63) is 0 Å². The predicted octanol–water partition coefficient (Wildman–Crippen LogP) is 0.596. The van der Waals surface area contributed by atoms with Gasteiger partial charge in [-0.25, -0.2) is 0 Å². The van der Waals surface area contributed by atoms with Gasteiger partial charge < -0.3 is 29.6 Å².